The number of H-pyrrole nitrogens is 1. The molecule has 1 unspecified atom stereocenters. The van der Waals surface area contributed by atoms with Gasteiger partial charge in [0.15, 0.2) is 5.82 Å². The van der Waals surface area contributed by atoms with Gasteiger partial charge in [-0.15, -0.1) is 0 Å². The van der Waals surface area contributed by atoms with Gasteiger partial charge in [-0.25, -0.2) is 9.37 Å². The Morgan fingerprint density at radius 2 is 1.86 bits per heavy atom. The first-order valence-electron chi connectivity index (χ1n) is 6.76. The Balaban J connectivity index is 1.92. The summed E-state index contributed by atoms with van der Waals surface area (Å²) in [6.07, 6.45) is 0. The Kier molecular flexibility index (Phi) is 3.84. The third-order valence-electron chi connectivity index (χ3n) is 3.37. The third-order valence-corrected chi connectivity index (χ3v) is 3.37. The maximum absolute atomic E-state index is 13.0. The Hall–Kier alpha value is -2.73. The molecule has 0 spiro atoms. The molecule has 0 saturated heterocycles. The number of aromatic amines is 1. The molecule has 0 aliphatic rings. The van der Waals surface area contributed by atoms with E-state index in [4.69, 9.17) is 10.5 Å². The second-order valence-electron chi connectivity index (χ2n) is 4.77. The first kappa shape index (κ1) is 14.2. The van der Waals surface area contributed by atoms with Gasteiger partial charge in [0.25, 0.3) is 0 Å². The van der Waals surface area contributed by atoms with Crippen LogP contribution in [0.15, 0.2) is 48.5 Å². The molecule has 1 heterocycles. The van der Waals surface area contributed by atoms with Crippen LogP contribution < -0.4 is 10.5 Å². The molecule has 3 rings (SSSR count). The van der Waals surface area contributed by atoms with Crippen molar-refractivity contribution in [2.45, 2.75) is 6.04 Å². The van der Waals surface area contributed by atoms with Crippen molar-refractivity contribution in [1.29, 1.82) is 0 Å². The maximum atomic E-state index is 13.0. The molecule has 2 aromatic carbocycles. The molecule has 0 amide bonds. The molecule has 0 radical (unpaired) electrons. The Bertz CT molecular complexity index is 770. The van der Waals surface area contributed by atoms with Crippen molar-refractivity contribution in [3.8, 4) is 17.1 Å². The summed E-state index contributed by atoms with van der Waals surface area (Å²) < 4.78 is 18.3. The number of halogens is 1. The summed E-state index contributed by atoms with van der Waals surface area (Å²) in [5.41, 5.74) is 7.67. The second-order valence-corrected chi connectivity index (χ2v) is 4.77. The lowest BCUT2D eigenvalue weighted by Gasteiger charge is -2.08. The number of para-hydroxylation sites is 1. The van der Waals surface area contributed by atoms with Crippen molar-refractivity contribution in [3.63, 3.8) is 0 Å². The van der Waals surface area contributed by atoms with Crippen LogP contribution in [-0.4, -0.2) is 22.3 Å². The summed E-state index contributed by atoms with van der Waals surface area (Å²) in [4.78, 5) is 4.42. The van der Waals surface area contributed by atoms with E-state index < -0.39 is 6.04 Å². The summed E-state index contributed by atoms with van der Waals surface area (Å²) in [7, 11) is 1.59. The van der Waals surface area contributed by atoms with Gasteiger partial charge in [-0.3, -0.25) is 5.10 Å². The predicted octanol–water partition coefficient (Wildman–Crippen LogP) is 2.67. The van der Waals surface area contributed by atoms with Crippen LogP contribution in [0.3, 0.4) is 0 Å². The number of rotatable bonds is 4. The number of nitrogens with zero attached hydrogens (tertiary/aromatic N) is 2. The molecule has 0 fully saturated rings. The zero-order valence-corrected chi connectivity index (χ0v) is 12.0. The van der Waals surface area contributed by atoms with Gasteiger partial charge in [0, 0.05) is 0 Å². The Morgan fingerprint density at radius 3 is 2.59 bits per heavy atom. The molecule has 0 aliphatic carbocycles. The fourth-order valence-electron chi connectivity index (χ4n) is 2.19. The second kappa shape index (κ2) is 5.95. The van der Waals surface area contributed by atoms with Gasteiger partial charge in [-0.2, -0.15) is 5.10 Å². The lowest BCUT2D eigenvalue weighted by atomic mass is 10.1. The summed E-state index contributed by atoms with van der Waals surface area (Å²) in [5.74, 6) is 1.39. The zero-order valence-electron chi connectivity index (χ0n) is 12.0. The molecule has 0 bridgehead atoms. The number of ether oxygens (including phenoxy) is 1. The fraction of sp³-hybridized carbons (Fsp3) is 0.125. The van der Waals surface area contributed by atoms with Crippen LogP contribution in [0.4, 0.5) is 4.39 Å². The molecule has 0 aliphatic heterocycles. The maximum Gasteiger partial charge on any atom is 0.184 e. The van der Waals surface area contributed by atoms with Gasteiger partial charge in [0.2, 0.25) is 0 Å². The topological polar surface area (TPSA) is 76.8 Å². The standard InChI is InChI=1S/C16H15FN4O/c1-22-13-5-3-2-4-12(13)15-19-16(21-20-15)14(18)10-6-8-11(17)9-7-10/h2-9,14H,18H2,1H3,(H,19,20,21). The SMILES string of the molecule is COc1ccccc1-c1n[nH]c(C(N)c2ccc(F)cc2)n1. The molecule has 0 saturated carbocycles. The minimum Gasteiger partial charge on any atom is -0.496 e. The van der Waals surface area contributed by atoms with E-state index in [0.29, 0.717) is 17.4 Å². The molecule has 5 nitrogen and oxygen atoms in total. The van der Waals surface area contributed by atoms with Crippen LogP contribution in [0.5, 0.6) is 5.75 Å². The average molecular weight is 298 g/mol. The minimum atomic E-state index is -0.503. The van der Waals surface area contributed by atoms with Crippen LogP contribution in [0, 0.1) is 5.82 Å². The van der Waals surface area contributed by atoms with E-state index in [9.17, 15) is 4.39 Å². The van der Waals surface area contributed by atoms with E-state index >= 15 is 0 Å². The number of nitrogens with two attached hydrogens (primary N) is 1. The Labute approximate surface area is 127 Å². The fourth-order valence-corrected chi connectivity index (χ4v) is 2.19. The van der Waals surface area contributed by atoms with E-state index in [2.05, 4.69) is 15.2 Å². The number of methoxy groups -OCH3 is 1. The molecule has 112 valence electrons. The van der Waals surface area contributed by atoms with Gasteiger partial charge >= 0.3 is 0 Å². The molecule has 3 N–H and O–H groups in total. The average Bonchev–Trinajstić information content (AvgIpc) is 3.04. The number of hydrogen-bond acceptors (Lipinski definition) is 4. The van der Waals surface area contributed by atoms with E-state index in [1.165, 1.54) is 12.1 Å². The summed E-state index contributed by atoms with van der Waals surface area (Å²) in [6.45, 7) is 0. The van der Waals surface area contributed by atoms with Crippen molar-refractivity contribution in [2.24, 2.45) is 5.73 Å². The van der Waals surface area contributed by atoms with Crippen molar-refractivity contribution in [1.82, 2.24) is 15.2 Å². The highest BCUT2D eigenvalue weighted by Crippen LogP contribution is 2.27. The van der Waals surface area contributed by atoms with Gasteiger partial charge in [0.1, 0.15) is 17.4 Å². The number of nitrogens with one attached hydrogen (secondary N) is 1. The summed E-state index contributed by atoms with van der Waals surface area (Å²) in [6, 6.07) is 13.0. The van der Waals surface area contributed by atoms with Crippen molar-refractivity contribution in [2.75, 3.05) is 7.11 Å². The highest BCUT2D eigenvalue weighted by molar-refractivity contribution is 5.63. The van der Waals surface area contributed by atoms with E-state index in [1.807, 2.05) is 24.3 Å². The van der Waals surface area contributed by atoms with Crippen molar-refractivity contribution in [3.05, 3.63) is 65.7 Å². The highest BCUT2D eigenvalue weighted by atomic mass is 19.1. The van der Waals surface area contributed by atoms with Crippen LogP contribution >= 0.6 is 0 Å². The van der Waals surface area contributed by atoms with E-state index in [0.717, 1.165) is 11.1 Å². The molecular formula is C16H15FN4O. The summed E-state index contributed by atoms with van der Waals surface area (Å²) >= 11 is 0. The minimum absolute atomic E-state index is 0.303. The Morgan fingerprint density at radius 1 is 1.14 bits per heavy atom. The van der Waals surface area contributed by atoms with E-state index in [-0.39, 0.29) is 5.82 Å². The normalized spacial score (nSPS) is 12.1. The third kappa shape index (κ3) is 2.68. The molecule has 1 aromatic heterocycles. The smallest absolute Gasteiger partial charge is 0.184 e. The lowest BCUT2D eigenvalue weighted by Crippen LogP contribution is -2.13. The quantitative estimate of drug-likeness (QED) is 0.776. The van der Waals surface area contributed by atoms with Crippen LogP contribution in [0.1, 0.15) is 17.4 Å². The van der Waals surface area contributed by atoms with Crippen LogP contribution in [0.25, 0.3) is 11.4 Å². The molecular weight excluding hydrogens is 283 g/mol. The van der Waals surface area contributed by atoms with E-state index in [1.54, 1.807) is 19.2 Å². The predicted molar refractivity (Wildman–Crippen MR) is 80.8 cm³/mol. The first-order valence-corrected chi connectivity index (χ1v) is 6.76. The van der Waals surface area contributed by atoms with Crippen LogP contribution in [-0.2, 0) is 0 Å². The molecule has 1 atom stereocenters. The van der Waals surface area contributed by atoms with Crippen molar-refractivity contribution >= 4 is 0 Å². The molecule has 3 aromatic rings. The largest absolute Gasteiger partial charge is 0.496 e. The summed E-state index contributed by atoms with van der Waals surface area (Å²) in [5, 5.41) is 7.02. The van der Waals surface area contributed by atoms with Gasteiger partial charge < -0.3 is 10.5 Å². The first-order chi connectivity index (χ1) is 10.7. The van der Waals surface area contributed by atoms with Crippen molar-refractivity contribution < 1.29 is 9.13 Å². The highest BCUT2D eigenvalue weighted by Gasteiger charge is 2.16. The van der Waals surface area contributed by atoms with Crippen LogP contribution in [0.2, 0.25) is 0 Å². The van der Waals surface area contributed by atoms with Gasteiger partial charge in [0.05, 0.1) is 18.7 Å². The molecule has 6 heteroatoms. The molecule has 22 heavy (non-hydrogen) atoms. The lowest BCUT2D eigenvalue weighted by molar-refractivity contribution is 0.416. The van der Waals surface area contributed by atoms with Gasteiger partial charge in [-0.05, 0) is 29.8 Å². The monoisotopic (exact) mass is 298 g/mol. The number of aromatic nitrogens is 3. The van der Waals surface area contributed by atoms with Gasteiger partial charge in [-0.1, -0.05) is 24.3 Å². The number of benzene rings is 2. The number of hydrogen-bond donors (Lipinski definition) is 2. The zero-order chi connectivity index (χ0) is 15.5.